The summed E-state index contributed by atoms with van der Waals surface area (Å²) in [7, 11) is 0. The fourth-order valence-corrected chi connectivity index (χ4v) is 5.87. The highest BCUT2D eigenvalue weighted by Crippen LogP contribution is 2.38. The van der Waals surface area contributed by atoms with Gasteiger partial charge in [0.05, 0.1) is 21.6 Å². The van der Waals surface area contributed by atoms with Crippen LogP contribution < -0.4 is 9.47 Å². The summed E-state index contributed by atoms with van der Waals surface area (Å²) >= 11 is 17.6. The topological polar surface area (TPSA) is 55.8 Å². The first-order chi connectivity index (χ1) is 17.2. The summed E-state index contributed by atoms with van der Waals surface area (Å²) in [6, 6.07) is 16.7. The molecule has 0 aliphatic carbocycles. The van der Waals surface area contributed by atoms with Crippen LogP contribution in [0.4, 0.5) is 4.79 Å². The summed E-state index contributed by atoms with van der Waals surface area (Å²) in [6.07, 6.45) is 1.71. The van der Waals surface area contributed by atoms with Crippen LogP contribution in [0, 0.1) is 7.14 Å². The van der Waals surface area contributed by atoms with Crippen molar-refractivity contribution in [2.75, 3.05) is 6.61 Å². The average molecular weight is 766 g/mol. The van der Waals surface area contributed by atoms with E-state index in [-0.39, 0.29) is 24.3 Å². The Hall–Kier alpha value is -1.47. The number of hydrogen-bond donors (Lipinski definition) is 0. The first kappa shape index (κ1) is 27.6. The summed E-state index contributed by atoms with van der Waals surface area (Å²) in [5.74, 6) is 0.806. The first-order valence-electron chi connectivity index (χ1n) is 10.8. The number of thioether (sulfide) groups is 1. The SMILES string of the molecule is CCOc1cc(/C=C2\SC(=O)N(Cc3ccc(I)cc3)C2=O)cc(I)c1OCc1ccc(Cl)cc1Cl. The van der Waals surface area contributed by atoms with Gasteiger partial charge in [-0.2, -0.15) is 0 Å². The predicted octanol–water partition coefficient (Wildman–Crippen LogP) is 8.42. The van der Waals surface area contributed by atoms with E-state index in [9.17, 15) is 9.59 Å². The fraction of sp³-hybridized carbons (Fsp3) is 0.154. The van der Waals surface area contributed by atoms with Gasteiger partial charge in [-0.25, -0.2) is 0 Å². The number of carbonyl (C=O) groups is 2. The average Bonchev–Trinajstić information content (AvgIpc) is 3.08. The molecule has 0 aromatic heterocycles. The second kappa shape index (κ2) is 12.4. The van der Waals surface area contributed by atoms with Crippen LogP contribution in [0.2, 0.25) is 10.0 Å². The van der Waals surface area contributed by atoms with E-state index in [0.717, 1.165) is 35.6 Å². The Labute approximate surface area is 250 Å². The molecule has 3 aromatic rings. The number of imide groups is 1. The number of nitrogens with zero attached hydrogens (tertiary/aromatic N) is 1. The number of amides is 2. The summed E-state index contributed by atoms with van der Waals surface area (Å²) in [5.41, 5.74) is 2.43. The van der Waals surface area contributed by atoms with Gasteiger partial charge in [0.15, 0.2) is 11.5 Å². The zero-order chi connectivity index (χ0) is 25.8. The van der Waals surface area contributed by atoms with E-state index in [4.69, 9.17) is 32.7 Å². The van der Waals surface area contributed by atoms with Crippen molar-refractivity contribution in [3.63, 3.8) is 0 Å². The van der Waals surface area contributed by atoms with Crippen molar-refractivity contribution in [3.8, 4) is 11.5 Å². The Bertz CT molecular complexity index is 1350. The van der Waals surface area contributed by atoms with Crippen LogP contribution in [0.15, 0.2) is 59.5 Å². The van der Waals surface area contributed by atoms with Gasteiger partial charge in [-0.15, -0.1) is 0 Å². The number of carbonyl (C=O) groups excluding carboxylic acids is 2. The van der Waals surface area contributed by atoms with Crippen molar-refractivity contribution >= 4 is 97.4 Å². The van der Waals surface area contributed by atoms with Gasteiger partial charge in [0.25, 0.3) is 11.1 Å². The van der Waals surface area contributed by atoms with Crippen molar-refractivity contribution in [1.82, 2.24) is 4.90 Å². The molecule has 36 heavy (non-hydrogen) atoms. The molecule has 5 nitrogen and oxygen atoms in total. The largest absolute Gasteiger partial charge is 0.490 e. The third-order valence-corrected chi connectivity index (χ3v) is 8.16. The smallest absolute Gasteiger partial charge is 0.293 e. The van der Waals surface area contributed by atoms with Crippen molar-refractivity contribution in [1.29, 1.82) is 0 Å². The maximum absolute atomic E-state index is 13.0. The summed E-state index contributed by atoms with van der Waals surface area (Å²) in [4.78, 5) is 27.2. The molecule has 0 spiro atoms. The lowest BCUT2D eigenvalue weighted by atomic mass is 10.1. The van der Waals surface area contributed by atoms with E-state index in [0.29, 0.717) is 33.1 Å². The molecule has 1 heterocycles. The van der Waals surface area contributed by atoms with Crippen molar-refractivity contribution in [3.05, 3.63) is 93.4 Å². The molecule has 186 valence electrons. The number of ether oxygens (including phenoxy) is 2. The Morgan fingerprint density at radius 3 is 2.44 bits per heavy atom. The molecule has 2 amide bonds. The van der Waals surface area contributed by atoms with Crippen LogP contribution in [0.25, 0.3) is 6.08 Å². The molecule has 1 aliphatic heterocycles. The second-order valence-electron chi connectivity index (χ2n) is 7.68. The lowest BCUT2D eigenvalue weighted by Crippen LogP contribution is -2.27. The fourth-order valence-electron chi connectivity index (χ4n) is 3.42. The van der Waals surface area contributed by atoms with Gasteiger partial charge in [0.2, 0.25) is 0 Å². The molecule has 0 bridgehead atoms. The van der Waals surface area contributed by atoms with Gasteiger partial charge in [-0.3, -0.25) is 14.5 Å². The summed E-state index contributed by atoms with van der Waals surface area (Å²) in [5, 5.41) is 0.790. The molecule has 0 saturated carbocycles. The molecule has 0 atom stereocenters. The molecule has 10 heteroatoms. The van der Waals surface area contributed by atoms with E-state index in [2.05, 4.69) is 45.2 Å². The lowest BCUT2D eigenvalue weighted by molar-refractivity contribution is -0.123. The Morgan fingerprint density at radius 2 is 1.75 bits per heavy atom. The first-order valence-corrected chi connectivity index (χ1v) is 14.5. The molecule has 1 aliphatic rings. The van der Waals surface area contributed by atoms with E-state index in [1.54, 1.807) is 24.3 Å². The maximum Gasteiger partial charge on any atom is 0.293 e. The maximum atomic E-state index is 13.0. The van der Waals surface area contributed by atoms with Gasteiger partial charge in [0.1, 0.15) is 6.61 Å². The van der Waals surface area contributed by atoms with Crippen LogP contribution in [-0.2, 0) is 17.9 Å². The molecular formula is C26H19Cl2I2NO4S. The zero-order valence-corrected chi connectivity index (χ0v) is 25.5. The van der Waals surface area contributed by atoms with E-state index in [1.807, 2.05) is 43.3 Å². The van der Waals surface area contributed by atoms with Gasteiger partial charge in [0, 0.05) is 19.2 Å². The molecular weight excluding hydrogens is 747 g/mol. The van der Waals surface area contributed by atoms with Gasteiger partial charge in [-0.1, -0.05) is 41.4 Å². The standard InChI is InChI=1S/C26H19Cl2I2NO4S/c1-2-34-22-10-16(9-21(30)24(22)35-14-17-5-6-18(27)12-20(17)28)11-23-25(32)31(26(33)36-23)13-15-3-7-19(29)8-4-15/h3-12H,2,13-14H2,1H3/b23-11-. The highest BCUT2D eigenvalue weighted by atomic mass is 127. The quantitative estimate of drug-likeness (QED) is 0.170. The normalized spacial score (nSPS) is 14.6. The van der Waals surface area contributed by atoms with Crippen LogP contribution in [0.5, 0.6) is 11.5 Å². The number of halogens is 4. The number of hydrogen-bond acceptors (Lipinski definition) is 5. The monoisotopic (exact) mass is 765 g/mol. The molecule has 1 saturated heterocycles. The Morgan fingerprint density at radius 1 is 1.00 bits per heavy atom. The number of rotatable bonds is 8. The van der Waals surface area contributed by atoms with E-state index < -0.39 is 0 Å². The lowest BCUT2D eigenvalue weighted by Gasteiger charge is -2.15. The van der Waals surface area contributed by atoms with Crippen molar-refractivity contribution in [2.24, 2.45) is 0 Å². The zero-order valence-electron chi connectivity index (χ0n) is 18.9. The van der Waals surface area contributed by atoms with Crippen LogP contribution >= 0.6 is 80.1 Å². The van der Waals surface area contributed by atoms with Crippen molar-refractivity contribution < 1.29 is 19.1 Å². The van der Waals surface area contributed by atoms with Crippen LogP contribution in [0.3, 0.4) is 0 Å². The Kier molecular flexibility index (Phi) is 9.48. The van der Waals surface area contributed by atoms with Crippen molar-refractivity contribution in [2.45, 2.75) is 20.1 Å². The van der Waals surface area contributed by atoms with E-state index in [1.165, 1.54) is 4.90 Å². The van der Waals surface area contributed by atoms with Gasteiger partial charge < -0.3 is 9.47 Å². The summed E-state index contributed by atoms with van der Waals surface area (Å²) in [6.45, 7) is 2.79. The highest BCUT2D eigenvalue weighted by Gasteiger charge is 2.35. The summed E-state index contributed by atoms with van der Waals surface area (Å²) < 4.78 is 13.8. The highest BCUT2D eigenvalue weighted by molar-refractivity contribution is 14.1. The minimum Gasteiger partial charge on any atom is -0.490 e. The third kappa shape index (κ3) is 6.69. The molecule has 0 unspecified atom stereocenters. The van der Waals surface area contributed by atoms with Gasteiger partial charge >= 0.3 is 0 Å². The van der Waals surface area contributed by atoms with Crippen LogP contribution in [-0.4, -0.2) is 22.7 Å². The second-order valence-corrected chi connectivity index (χ2v) is 11.9. The number of benzene rings is 3. The molecule has 3 aromatic carbocycles. The molecule has 0 N–H and O–H groups in total. The van der Waals surface area contributed by atoms with E-state index >= 15 is 0 Å². The molecule has 1 fully saturated rings. The molecule has 4 rings (SSSR count). The third-order valence-electron chi connectivity index (χ3n) is 5.14. The Balaban J connectivity index is 1.55. The van der Waals surface area contributed by atoms with Gasteiger partial charge in [-0.05, 0) is 117 Å². The minimum absolute atomic E-state index is 0.237. The predicted molar refractivity (Wildman–Crippen MR) is 162 cm³/mol. The minimum atomic E-state index is -0.311. The van der Waals surface area contributed by atoms with Crippen LogP contribution in [0.1, 0.15) is 23.6 Å². The molecule has 0 radical (unpaired) electrons.